The second-order valence-electron chi connectivity index (χ2n) is 5.99. The van der Waals surface area contributed by atoms with Crippen LogP contribution in [-0.4, -0.2) is 19.1 Å². The summed E-state index contributed by atoms with van der Waals surface area (Å²) in [6.45, 7) is 7.16. The first-order valence-electron chi connectivity index (χ1n) is 8.14. The molecular formula is C20H25NO2. The number of hydrogen-bond donors (Lipinski definition) is 1. The van der Waals surface area contributed by atoms with Crippen molar-refractivity contribution in [1.29, 1.82) is 0 Å². The Balaban J connectivity index is 1.99. The van der Waals surface area contributed by atoms with Crippen LogP contribution in [0.15, 0.2) is 48.5 Å². The van der Waals surface area contributed by atoms with E-state index in [0.717, 1.165) is 17.7 Å². The van der Waals surface area contributed by atoms with Crippen molar-refractivity contribution in [2.45, 2.75) is 33.1 Å². The average molecular weight is 311 g/mol. The van der Waals surface area contributed by atoms with Gasteiger partial charge in [-0.3, -0.25) is 4.79 Å². The SMILES string of the molecule is CC(=O)NCCCOc1cccc(-c2cccc(C(C)C)c2)c1. The summed E-state index contributed by atoms with van der Waals surface area (Å²) in [5, 5.41) is 2.77. The Bertz CT molecular complexity index is 650. The predicted octanol–water partition coefficient (Wildman–Crippen LogP) is 4.38. The van der Waals surface area contributed by atoms with Gasteiger partial charge in [-0.05, 0) is 41.2 Å². The van der Waals surface area contributed by atoms with Gasteiger partial charge >= 0.3 is 0 Å². The third-order valence-corrected chi connectivity index (χ3v) is 3.68. The molecule has 122 valence electrons. The smallest absolute Gasteiger partial charge is 0.216 e. The molecule has 0 saturated heterocycles. The van der Waals surface area contributed by atoms with Crippen LogP contribution in [0.1, 0.15) is 38.7 Å². The maximum atomic E-state index is 10.8. The number of benzene rings is 2. The van der Waals surface area contributed by atoms with Gasteiger partial charge in [-0.25, -0.2) is 0 Å². The van der Waals surface area contributed by atoms with Crippen LogP contribution in [0.4, 0.5) is 0 Å². The lowest BCUT2D eigenvalue weighted by Crippen LogP contribution is -2.22. The van der Waals surface area contributed by atoms with Crippen molar-refractivity contribution in [3.63, 3.8) is 0 Å². The highest BCUT2D eigenvalue weighted by atomic mass is 16.5. The molecule has 23 heavy (non-hydrogen) atoms. The highest BCUT2D eigenvalue weighted by molar-refractivity contribution is 5.72. The molecule has 0 aromatic heterocycles. The van der Waals surface area contributed by atoms with E-state index in [1.807, 2.05) is 12.1 Å². The highest BCUT2D eigenvalue weighted by Gasteiger charge is 2.04. The van der Waals surface area contributed by atoms with Crippen LogP contribution in [0.5, 0.6) is 5.75 Å². The van der Waals surface area contributed by atoms with Gasteiger partial charge < -0.3 is 10.1 Å². The minimum Gasteiger partial charge on any atom is -0.494 e. The van der Waals surface area contributed by atoms with Gasteiger partial charge in [-0.2, -0.15) is 0 Å². The summed E-state index contributed by atoms with van der Waals surface area (Å²) in [5.41, 5.74) is 3.70. The maximum Gasteiger partial charge on any atom is 0.216 e. The number of rotatable bonds is 7. The van der Waals surface area contributed by atoms with Crippen molar-refractivity contribution in [1.82, 2.24) is 5.32 Å². The Hall–Kier alpha value is -2.29. The van der Waals surface area contributed by atoms with E-state index >= 15 is 0 Å². The lowest BCUT2D eigenvalue weighted by Gasteiger charge is -2.11. The van der Waals surface area contributed by atoms with E-state index in [-0.39, 0.29) is 5.91 Å². The summed E-state index contributed by atoms with van der Waals surface area (Å²) in [6, 6.07) is 16.8. The normalized spacial score (nSPS) is 10.6. The standard InChI is InChI=1S/C20H25NO2/c1-15(2)17-7-4-8-18(13-17)19-9-5-10-20(14-19)23-12-6-11-21-16(3)22/h4-5,7-10,13-15H,6,11-12H2,1-3H3,(H,21,22). The molecule has 0 spiro atoms. The molecule has 0 aliphatic carbocycles. The first-order chi connectivity index (χ1) is 11.1. The van der Waals surface area contributed by atoms with Crippen molar-refractivity contribution in [2.24, 2.45) is 0 Å². The predicted molar refractivity (Wildman–Crippen MR) is 94.8 cm³/mol. The summed E-state index contributed by atoms with van der Waals surface area (Å²) in [7, 11) is 0. The molecule has 2 rings (SSSR count). The van der Waals surface area contributed by atoms with Crippen molar-refractivity contribution in [2.75, 3.05) is 13.2 Å². The first kappa shape index (κ1) is 17.1. The van der Waals surface area contributed by atoms with E-state index in [2.05, 4.69) is 55.6 Å². The van der Waals surface area contributed by atoms with Crippen molar-refractivity contribution < 1.29 is 9.53 Å². The number of ether oxygens (including phenoxy) is 1. The van der Waals surface area contributed by atoms with Crippen LogP contribution in [0.25, 0.3) is 11.1 Å². The quantitative estimate of drug-likeness (QED) is 0.771. The summed E-state index contributed by atoms with van der Waals surface area (Å²) in [6.07, 6.45) is 0.798. The van der Waals surface area contributed by atoms with Crippen LogP contribution in [0, 0.1) is 0 Å². The Morgan fingerprint density at radius 2 is 1.78 bits per heavy atom. The molecule has 0 aliphatic heterocycles. The van der Waals surface area contributed by atoms with Gasteiger partial charge in [-0.15, -0.1) is 0 Å². The Morgan fingerprint density at radius 1 is 1.09 bits per heavy atom. The topological polar surface area (TPSA) is 38.3 Å². The van der Waals surface area contributed by atoms with Crippen molar-refractivity contribution in [3.05, 3.63) is 54.1 Å². The van der Waals surface area contributed by atoms with Gasteiger partial charge in [0.15, 0.2) is 0 Å². The van der Waals surface area contributed by atoms with Crippen LogP contribution >= 0.6 is 0 Å². The monoisotopic (exact) mass is 311 g/mol. The summed E-state index contributed by atoms with van der Waals surface area (Å²) in [4.78, 5) is 10.8. The molecule has 0 unspecified atom stereocenters. The fourth-order valence-electron chi connectivity index (χ4n) is 2.37. The molecule has 1 N–H and O–H groups in total. The van der Waals surface area contributed by atoms with E-state index in [0.29, 0.717) is 19.1 Å². The molecule has 0 radical (unpaired) electrons. The maximum absolute atomic E-state index is 10.8. The van der Waals surface area contributed by atoms with Gasteiger partial charge in [0.2, 0.25) is 5.91 Å². The minimum absolute atomic E-state index is 0.00275. The van der Waals surface area contributed by atoms with Crippen LogP contribution in [0.3, 0.4) is 0 Å². The molecule has 2 aromatic rings. The fourth-order valence-corrected chi connectivity index (χ4v) is 2.37. The second-order valence-corrected chi connectivity index (χ2v) is 5.99. The zero-order valence-electron chi connectivity index (χ0n) is 14.1. The summed E-state index contributed by atoms with van der Waals surface area (Å²) in [5.74, 6) is 1.38. The van der Waals surface area contributed by atoms with E-state index in [1.54, 1.807) is 0 Å². The fraction of sp³-hybridized carbons (Fsp3) is 0.350. The van der Waals surface area contributed by atoms with Crippen molar-refractivity contribution >= 4 is 5.91 Å². The van der Waals surface area contributed by atoms with Crippen molar-refractivity contribution in [3.8, 4) is 16.9 Å². The number of carbonyl (C=O) groups excluding carboxylic acids is 1. The molecule has 0 bridgehead atoms. The lowest BCUT2D eigenvalue weighted by atomic mass is 9.97. The number of amides is 1. The van der Waals surface area contributed by atoms with Crippen LogP contribution in [0.2, 0.25) is 0 Å². The molecule has 0 saturated carbocycles. The van der Waals surface area contributed by atoms with E-state index in [9.17, 15) is 4.79 Å². The molecule has 3 heteroatoms. The molecule has 0 atom stereocenters. The number of nitrogens with one attached hydrogen (secondary N) is 1. The van der Waals surface area contributed by atoms with E-state index in [4.69, 9.17) is 4.74 Å². The molecule has 3 nitrogen and oxygen atoms in total. The van der Waals surface area contributed by atoms with Crippen LogP contribution in [-0.2, 0) is 4.79 Å². The van der Waals surface area contributed by atoms with E-state index in [1.165, 1.54) is 18.1 Å². The van der Waals surface area contributed by atoms with Gasteiger partial charge in [0.1, 0.15) is 5.75 Å². The summed E-state index contributed by atoms with van der Waals surface area (Å²) >= 11 is 0. The number of carbonyl (C=O) groups is 1. The largest absolute Gasteiger partial charge is 0.494 e. The lowest BCUT2D eigenvalue weighted by molar-refractivity contribution is -0.118. The molecule has 1 amide bonds. The zero-order chi connectivity index (χ0) is 16.7. The Morgan fingerprint density at radius 3 is 2.48 bits per heavy atom. The van der Waals surface area contributed by atoms with Gasteiger partial charge in [0.25, 0.3) is 0 Å². The van der Waals surface area contributed by atoms with E-state index < -0.39 is 0 Å². The third kappa shape index (κ3) is 5.44. The second kappa shape index (κ2) is 8.37. The molecule has 0 heterocycles. The molecule has 2 aromatic carbocycles. The molecule has 0 fully saturated rings. The highest BCUT2D eigenvalue weighted by Crippen LogP contribution is 2.26. The zero-order valence-corrected chi connectivity index (χ0v) is 14.1. The van der Waals surface area contributed by atoms with Gasteiger partial charge in [0, 0.05) is 13.5 Å². The molecular weight excluding hydrogens is 286 g/mol. The Labute approximate surface area is 138 Å². The third-order valence-electron chi connectivity index (χ3n) is 3.68. The Kier molecular flexibility index (Phi) is 6.21. The minimum atomic E-state index is -0.00275. The average Bonchev–Trinajstić information content (AvgIpc) is 2.54. The van der Waals surface area contributed by atoms with Gasteiger partial charge in [-0.1, -0.05) is 50.2 Å². The van der Waals surface area contributed by atoms with Crippen LogP contribution < -0.4 is 10.1 Å². The number of hydrogen-bond acceptors (Lipinski definition) is 2. The molecule has 0 aliphatic rings. The first-order valence-corrected chi connectivity index (χ1v) is 8.14. The summed E-state index contributed by atoms with van der Waals surface area (Å²) < 4.78 is 5.78. The van der Waals surface area contributed by atoms with Gasteiger partial charge in [0.05, 0.1) is 6.61 Å².